The van der Waals surface area contributed by atoms with Crippen molar-refractivity contribution in [2.75, 3.05) is 0 Å². The van der Waals surface area contributed by atoms with Crippen molar-refractivity contribution in [2.24, 2.45) is 5.41 Å². The highest BCUT2D eigenvalue weighted by Crippen LogP contribution is 2.34. The third-order valence-corrected chi connectivity index (χ3v) is 2.73. The average molecular weight is 178 g/mol. The molecule has 1 rings (SSSR count). The van der Waals surface area contributed by atoms with Gasteiger partial charge in [-0.1, -0.05) is 57.4 Å². The van der Waals surface area contributed by atoms with Crippen molar-refractivity contribution in [1.29, 1.82) is 0 Å². The lowest BCUT2D eigenvalue weighted by Gasteiger charge is -2.19. The first-order chi connectivity index (χ1) is 6.04. The first kappa shape index (κ1) is 10.6. The van der Waals surface area contributed by atoms with Crippen molar-refractivity contribution in [1.82, 2.24) is 0 Å². The van der Waals surface area contributed by atoms with Crippen LogP contribution < -0.4 is 0 Å². The topological polar surface area (TPSA) is 0 Å². The molecule has 0 aromatic heterocycles. The van der Waals surface area contributed by atoms with E-state index < -0.39 is 0 Å². The Hall–Kier alpha value is -0.520. The quantitative estimate of drug-likeness (QED) is 0.597. The maximum Gasteiger partial charge on any atom is -0.0125 e. The van der Waals surface area contributed by atoms with Crippen LogP contribution in [0.15, 0.2) is 23.3 Å². The van der Waals surface area contributed by atoms with Crippen molar-refractivity contribution in [3.05, 3.63) is 23.3 Å². The van der Waals surface area contributed by atoms with Crippen LogP contribution in [0.25, 0.3) is 0 Å². The average Bonchev–Trinajstić information content (AvgIpc) is 2.47. The molecule has 1 aliphatic rings. The minimum atomic E-state index is 0.366. The molecule has 0 atom stereocenters. The fraction of sp³-hybridized carbons (Fsp3) is 0.692. The van der Waals surface area contributed by atoms with Crippen molar-refractivity contribution in [3.63, 3.8) is 0 Å². The summed E-state index contributed by atoms with van der Waals surface area (Å²) in [6.07, 6.45) is 9.90. The van der Waals surface area contributed by atoms with Crippen LogP contribution in [-0.4, -0.2) is 0 Å². The molecule has 0 radical (unpaired) electrons. The molecular weight excluding hydrogens is 156 g/mol. The van der Waals surface area contributed by atoms with E-state index in [-0.39, 0.29) is 0 Å². The fourth-order valence-corrected chi connectivity index (χ4v) is 1.66. The summed E-state index contributed by atoms with van der Waals surface area (Å²) in [7, 11) is 0. The summed E-state index contributed by atoms with van der Waals surface area (Å²) in [6.45, 7) is 9.16. The lowest BCUT2D eigenvalue weighted by Crippen LogP contribution is -2.07. The highest BCUT2D eigenvalue weighted by molar-refractivity contribution is 5.35. The zero-order valence-electron chi connectivity index (χ0n) is 9.48. The van der Waals surface area contributed by atoms with Crippen LogP contribution in [0.1, 0.15) is 53.4 Å². The highest BCUT2D eigenvalue weighted by atomic mass is 14.2. The smallest absolute Gasteiger partial charge is 0.0125 e. The van der Waals surface area contributed by atoms with E-state index in [0.29, 0.717) is 5.41 Å². The molecule has 0 fully saturated rings. The molecule has 0 unspecified atom stereocenters. The van der Waals surface area contributed by atoms with Gasteiger partial charge in [0.15, 0.2) is 0 Å². The maximum absolute atomic E-state index is 2.41. The second kappa shape index (κ2) is 4.13. The molecule has 0 bridgehead atoms. The molecule has 0 N–H and O–H groups in total. The first-order valence-electron chi connectivity index (χ1n) is 5.44. The van der Waals surface area contributed by atoms with E-state index in [4.69, 9.17) is 0 Å². The van der Waals surface area contributed by atoms with Crippen molar-refractivity contribution in [3.8, 4) is 0 Å². The molecule has 13 heavy (non-hydrogen) atoms. The molecule has 0 aliphatic heterocycles. The molecule has 0 aromatic carbocycles. The summed E-state index contributed by atoms with van der Waals surface area (Å²) >= 11 is 0. The monoisotopic (exact) mass is 178 g/mol. The molecule has 0 spiro atoms. The lowest BCUT2D eigenvalue weighted by atomic mass is 9.86. The van der Waals surface area contributed by atoms with Gasteiger partial charge < -0.3 is 0 Å². The molecule has 0 aromatic rings. The predicted octanol–water partition coefficient (Wildman–Crippen LogP) is 4.48. The van der Waals surface area contributed by atoms with E-state index in [1.807, 2.05) is 0 Å². The minimum absolute atomic E-state index is 0.366. The Balaban J connectivity index is 2.50. The van der Waals surface area contributed by atoms with Gasteiger partial charge in [0.1, 0.15) is 0 Å². The van der Waals surface area contributed by atoms with Gasteiger partial charge in [0.25, 0.3) is 0 Å². The number of allylic oxidation sites excluding steroid dienone is 4. The Kier molecular flexibility index (Phi) is 3.35. The zero-order valence-corrected chi connectivity index (χ0v) is 9.48. The minimum Gasteiger partial charge on any atom is -0.0772 e. The van der Waals surface area contributed by atoms with Gasteiger partial charge >= 0.3 is 0 Å². The van der Waals surface area contributed by atoms with E-state index in [1.54, 1.807) is 11.1 Å². The number of hydrogen-bond acceptors (Lipinski definition) is 0. The normalized spacial score (nSPS) is 17.2. The van der Waals surface area contributed by atoms with E-state index in [1.165, 1.54) is 25.7 Å². The third-order valence-electron chi connectivity index (χ3n) is 2.73. The first-order valence-corrected chi connectivity index (χ1v) is 5.44. The second-order valence-corrected chi connectivity index (χ2v) is 5.01. The lowest BCUT2D eigenvalue weighted by molar-refractivity contribution is 0.496. The summed E-state index contributed by atoms with van der Waals surface area (Å²) in [5.41, 5.74) is 3.52. The zero-order chi connectivity index (χ0) is 9.90. The number of rotatable bonds is 3. The molecule has 0 heteroatoms. The fourth-order valence-electron chi connectivity index (χ4n) is 1.66. The van der Waals surface area contributed by atoms with Gasteiger partial charge in [-0.15, -0.1) is 0 Å². The van der Waals surface area contributed by atoms with E-state index >= 15 is 0 Å². The van der Waals surface area contributed by atoms with Gasteiger partial charge in [0.2, 0.25) is 0 Å². The number of hydrogen-bond donors (Lipinski definition) is 0. The van der Waals surface area contributed by atoms with Crippen LogP contribution >= 0.6 is 0 Å². The molecular formula is C13H22. The summed E-state index contributed by atoms with van der Waals surface area (Å²) in [5.74, 6) is 0. The predicted molar refractivity (Wildman–Crippen MR) is 59.8 cm³/mol. The van der Waals surface area contributed by atoms with Gasteiger partial charge in [-0.3, -0.25) is 0 Å². The van der Waals surface area contributed by atoms with Gasteiger partial charge in [0, 0.05) is 0 Å². The Morgan fingerprint density at radius 3 is 2.46 bits per heavy atom. The van der Waals surface area contributed by atoms with E-state index in [0.717, 1.165) is 0 Å². The molecule has 74 valence electrons. The van der Waals surface area contributed by atoms with Crippen LogP contribution in [0.5, 0.6) is 0 Å². The van der Waals surface area contributed by atoms with Crippen LogP contribution in [-0.2, 0) is 0 Å². The Morgan fingerprint density at radius 1 is 1.31 bits per heavy atom. The summed E-state index contributed by atoms with van der Waals surface area (Å²) in [5, 5.41) is 0. The molecule has 0 amide bonds. The van der Waals surface area contributed by atoms with Crippen molar-refractivity contribution >= 4 is 0 Å². The van der Waals surface area contributed by atoms with Gasteiger partial charge in [-0.05, 0) is 24.7 Å². The largest absolute Gasteiger partial charge is 0.0772 e. The molecule has 1 aliphatic carbocycles. The van der Waals surface area contributed by atoms with E-state index in [9.17, 15) is 0 Å². The van der Waals surface area contributed by atoms with Gasteiger partial charge in [-0.2, -0.15) is 0 Å². The molecule has 0 nitrogen and oxygen atoms in total. The SMILES string of the molecule is CCCCC1=CCC(C(C)(C)C)=C1. The Labute approximate surface area is 82.7 Å². The van der Waals surface area contributed by atoms with Crippen LogP contribution in [0.4, 0.5) is 0 Å². The van der Waals surface area contributed by atoms with Crippen LogP contribution in [0.2, 0.25) is 0 Å². The molecule has 0 saturated heterocycles. The standard InChI is InChI=1S/C13H22/c1-5-6-7-11-8-9-12(10-11)13(2,3)4/h8,10H,5-7,9H2,1-4H3. The summed E-state index contributed by atoms with van der Waals surface area (Å²) in [4.78, 5) is 0. The summed E-state index contributed by atoms with van der Waals surface area (Å²) in [6, 6.07) is 0. The maximum atomic E-state index is 2.41. The van der Waals surface area contributed by atoms with Crippen LogP contribution in [0.3, 0.4) is 0 Å². The van der Waals surface area contributed by atoms with Gasteiger partial charge in [0.05, 0.1) is 0 Å². The third kappa shape index (κ3) is 3.02. The van der Waals surface area contributed by atoms with Crippen LogP contribution in [0, 0.1) is 5.41 Å². The van der Waals surface area contributed by atoms with Crippen molar-refractivity contribution in [2.45, 2.75) is 53.4 Å². The number of unbranched alkanes of at least 4 members (excludes halogenated alkanes) is 1. The Bertz CT molecular complexity index is 223. The van der Waals surface area contributed by atoms with Gasteiger partial charge in [-0.25, -0.2) is 0 Å². The van der Waals surface area contributed by atoms with Crippen molar-refractivity contribution < 1.29 is 0 Å². The summed E-state index contributed by atoms with van der Waals surface area (Å²) < 4.78 is 0. The molecule has 0 saturated carbocycles. The highest BCUT2D eigenvalue weighted by Gasteiger charge is 2.19. The Morgan fingerprint density at radius 2 is 2.00 bits per heavy atom. The van der Waals surface area contributed by atoms with E-state index in [2.05, 4.69) is 39.8 Å². The molecule has 0 heterocycles. The second-order valence-electron chi connectivity index (χ2n) is 5.01.